The lowest BCUT2D eigenvalue weighted by atomic mass is 10.1. The van der Waals surface area contributed by atoms with Gasteiger partial charge in [0.25, 0.3) is 5.91 Å². The normalized spacial score (nSPS) is 12.1. The number of rotatable bonds is 5. The second kappa shape index (κ2) is 6.62. The molecule has 2 aromatic heterocycles. The number of carbonyl (C=O) groups excluding carboxylic acids is 2. The average Bonchev–Trinajstić information content (AvgIpc) is 3.17. The van der Waals surface area contributed by atoms with E-state index < -0.39 is 0 Å². The number of benzene rings is 1. The van der Waals surface area contributed by atoms with Crippen molar-refractivity contribution in [2.75, 3.05) is 6.54 Å². The molecular weight excluding hydrogens is 306 g/mol. The number of nitrogens with one attached hydrogen (secondary N) is 2. The SMILES string of the molecule is CC(NC(=O)CNC(=O)c1cc2occc2n1C)c1ccccc1. The highest BCUT2D eigenvalue weighted by Gasteiger charge is 2.16. The molecule has 2 N–H and O–H groups in total. The van der Waals surface area contributed by atoms with Gasteiger partial charge in [-0.2, -0.15) is 0 Å². The standard InChI is InChI=1S/C18H19N3O3/c1-12(13-6-4-3-5-7-13)20-17(22)11-19-18(23)15-10-16-14(21(15)2)8-9-24-16/h3-10,12H,11H2,1-2H3,(H,19,23)(H,20,22). The van der Waals surface area contributed by atoms with Gasteiger partial charge in [-0.05, 0) is 12.5 Å². The Hall–Kier alpha value is -3.02. The van der Waals surface area contributed by atoms with E-state index in [4.69, 9.17) is 4.42 Å². The quantitative estimate of drug-likeness (QED) is 0.756. The highest BCUT2D eigenvalue weighted by Crippen LogP contribution is 2.19. The third-order valence-corrected chi connectivity index (χ3v) is 3.98. The third-order valence-electron chi connectivity index (χ3n) is 3.98. The summed E-state index contributed by atoms with van der Waals surface area (Å²) in [5.41, 5.74) is 2.94. The lowest BCUT2D eigenvalue weighted by molar-refractivity contribution is -0.120. The van der Waals surface area contributed by atoms with E-state index >= 15 is 0 Å². The number of amides is 2. The lowest BCUT2D eigenvalue weighted by Gasteiger charge is -2.14. The molecule has 1 unspecified atom stereocenters. The number of carbonyl (C=O) groups is 2. The van der Waals surface area contributed by atoms with E-state index in [9.17, 15) is 9.59 Å². The van der Waals surface area contributed by atoms with Crippen molar-refractivity contribution in [3.8, 4) is 0 Å². The minimum absolute atomic E-state index is 0.0808. The molecule has 0 fully saturated rings. The number of hydrogen-bond acceptors (Lipinski definition) is 3. The second-order valence-electron chi connectivity index (χ2n) is 5.64. The fourth-order valence-electron chi connectivity index (χ4n) is 2.64. The molecule has 0 radical (unpaired) electrons. The van der Waals surface area contributed by atoms with E-state index in [1.165, 1.54) is 0 Å². The molecule has 1 atom stereocenters. The van der Waals surface area contributed by atoms with Crippen LogP contribution >= 0.6 is 0 Å². The van der Waals surface area contributed by atoms with Gasteiger partial charge in [0, 0.05) is 19.2 Å². The Morgan fingerprint density at radius 2 is 1.96 bits per heavy atom. The monoisotopic (exact) mass is 325 g/mol. The summed E-state index contributed by atoms with van der Waals surface area (Å²) in [6.07, 6.45) is 1.57. The zero-order chi connectivity index (χ0) is 17.1. The highest BCUT2D eigenvalue weighted by molar-refractivity contribution is 5.99. The van der Waals surface area contributed by atoms with Crippen LogP contribution in [-0.2, 0) is 11.8 Å². The van der Waals surface area contributed by atoms with Gasteiger partial charge < -0.3 is 19.6 Å². The van der Waals surface area contributed by atoms with Gasteiger partial charge in [-0.3, -0.25) is 9.59 Å². The maximum Gasteiger partial charge on any atom is 0.268 e. The zero-order valence-corrected chi connectivity index (χ0v) is 13.6. The Morgan fingerprint density at radius 3 is 2.67 bits per heavy atom. The first-order valence-electron chi connectivity index (χ1n) is 7.71. The molecule has 0 saturated heterocycles. The molecule has 0 saturated carbocycles. The summed E-state index contributed by atoms with van der Waals surface area (Å²) >= 11 is 0. The Kier molecular flexibility index (Phi) is 4.37. The van der Waals surface area contributed by atoms with Gasteiger partial charge in [-0.15, -0.1) is 0 Å². The maximum absolute atomic E-state index is 12.2. The van der Waals surface area contributed by atoms with Crippen molar-refractivity contribution in [2.45, 2.75) is 13.0 Å². The fraction of sp³-hybridized carbons (Fsp3) is 0.222. The molecule has 3 rings (SSSR count). The van der Waals surface area contributed by atoms with E-state index in [-0.39, 0.29) is 24.4 Å². The molecule has 6 nitrogen and oxygen atoms in total. The van der Waals surface area contributed by atoms with Crippen LogP contribution in [0.1, 0.15) is 29.0 Å². The Labute approximate surface area is 139 Å². The first-order valence-corrected chi connectivity index (χ1v) is 7.71. The van der Waals surface area contributed by atoms with E-state index in [2.05, 4.69) is 10.6 Å². The van der Waals surface area contributed by atoms with Crippen molar-refractivity contribution >= 4 is 22.9 Å². The highest BCUT2D eigenvalue weighted by atomic mass is 16.3. The Morgan fingerprint density at radius 1 is 1.21 bits per heavy atom. The van der Waals surface area contributed by atoms with Gasteiger partial charge in [0.1, 0.15) is 5.69 Å². The largest absolute Gasteiger partial charge is 0.463 e. The molecule has 1 aromatic carbocycles. The number of aryl methyl sites for hydroxylation is 1. The van der Waals surface area contributed by atoms with E-state index in [1.807, 2.05) is 37.3 Å². The fourth-order valence-corrected chi connectivity index (χ4v) is 2.64. The molecule has 6 heteroatoms. The van der Waals surface area contributed by atoms with Gasteiger partial charge in [0.2, 0.25) is 5.91 Å². The first-order chi connectivity index (χ1) is 11.6. The molecular formula is C18H19N3O3. The smallest absolute Gasteiger partial charge is 0.268 e. The van der Waals surface area contributed by atoms with Crippen LogP contribution in [-0.4, -0.2) is 22.9 Å². The van der Waals surface area contributed by atoms with Crippen molar-refractivity contribution in [2.24, 2.45) is 7.05 Å². The summed E-state index contributed by atoms with van der Waals surface area (Å²) < 4.78 is 7.01. The summed E-state index contributed by atoms with van der Waals surface area (Å²) in [5.74, 6) is -0.552. The molecule has 0 aliphatic carbocycles. The predicted molar refractivity (Wildman–Crippen MR) is 90.5 cm³/mol. The van der Waals surface area contributed by atoms with Crippen molar-refractivity contribution in [3.63, 3.8) is 0 Å². The summed E-state index contributed by atoms with van der Waals surface area (Å²) in [7, 11) is 1.78. The minimum atomic E-state index is -0.314. The van der Waals surface area contributed by atoms with Crippen LogP contribution in [0, 0.1) is 0 Å². The van der Waals surface area contributed by atoms with Gasteiger partial charge in [-0.1, -0.05) is 30.3 Å². The van der Waals surface area contributed by atoms with Crippen LogP contribution in [0.2, 0.25) is 0 Å². The van der Waals surface area contributed by atoms with Gasteiger partial charge >= 0.3 is 0 Å². The number of nitrogens with zero attached hydrogens (tertiary/aromatic N) is 1. The Balaban J connectivity index is 1.57. The second-order valence-corrected chi connectivity index (χ2v) is 5.64. The van der Waals surface area contributed by atoms with Crippen molar-refractivity contribution in [1.82, 2.24) is 15.2 Å². The topological polar surface area (TPSA) is 76.3 Å². The van der Waals surface area contributed by atoms with Gasteiger partial charge in [0.05, 0.1) is 24.4 Å². The number of aromatic nitrogens is 1. The maximum atomic E-state index is 12.2. The number of hydrogen-bond donors (Lipinski definition) is 2. The number of fused-ring (bicyclic) bond motifs is 1. The van der Waals surface area contributed by atoms with E-state index in [0.717, 1.165) is 11.1 Å². The summed E-state index contributed by atoms with van der Waals surface area (Å²) in [4.78, 5) is 24.3. The third kappa shape index (κ3) is 3.17. The molecule has 0 aliphatic rings. The van der Waals surface area contributed by atoms with Gasteiger partial charge in [0.15, 0.2) is 5.58 Å². The van der Waals surface area contributed by atoms with Crippen LogP contribution in [0.3, 0.4) is 0 Å². The van der Waals surface area contributed by atoms with Crippen molar-refractivity contribution in [1.29, 1.82) is 0 Å². The van der Waals surface area contributed by atoms with E-state index in [0.29, 0.717) is 11.3 Å². The van der Waals surface area contributed by atoms with Crippen LogP contribution in [0.25, 0.3) is 11.1 Å². The Bertz CT molecular complexity index is 864. The van der Waals surface area contributed by atoms with Crippen LogP contribution < -0.4 is 10.6 Å². The summed E-state index contributed by atoms with van der Waals surface area (Å²) in [5, 5.41) is 5.49. The van der Waals surface area contributed by atoms with Gasteiger partial charge in [-0.25, -0.2) is 0 Å². The van der Waals surface area contributed by atoms with Crippen molar-refractivity contribution < 1.29 is 14.0 Å². The molecule has 2 amide bonds. The van der Waals surface area contributed by atoms with Crippen LogP contribution in [0.15, 0.2) is 53.1 Å². The first kappa shape index (κ1) is 15.9. The van der Waals surface area contributed by atoms with Crippen LogP contribution in [0.5, 0.6) is 0 Å². The number of furan rings is 1. The summed E-state index contributed by atoms with van der Waals surface area (Å²) in [6.45, 7) is 1.82. The molecule has 0 aliphatic heterocycles. The van der Waals surface area contributed by atoms with Crippen molar-refractivity contribution in [3.05, 3.63) is 60.0 Å². The molecule has 24 heavy (non-hydrogen) atoms. The molecule has 3 aromatic rings. The predicted octanol–water partition coefficient (Wildman–Crippen LogP) is 2.38. The van der Waals surface area contributed by atoms with Crippen LogP contribution in [0.4, 0.5) is 0 Å². The van der Waals surface area contributed by atoms with E-state index in [1.54, 1.807) is 30.0 Å². The molecule has 124 valence electrons. The lowest BCUT2D eigenvalue weighted by Crippen LogP contribution is -2.38. The average molecular weight is 325 g/mol. The molecule has 0 bridgehead atoms. The molecule has 2 heterocycles. The molecule has 0 spiro atoms. The minimum Gasteiger partial charge on any atom is -0.463 e. The summed E-state index contributed by atoms with van der Waals surface area (Å²) in [6, 6.07) is 13.0. The zero-order valence-electron chi connectivity index (χ0n) is 13.6.